The maximum atomic E-state index is 14.1. The van der Waals surface area contributed by atoms with Gasteiger partial charge < -0.3 is 19.4 Å². The molecule has 0 spiro atoms. The number of aryl methyl sites for hydroxylation is 1. The van der Waals surface area contributed by atoms with E-state index in [1.54, 1.807) is 6.92 Å². The molecule has 0 saturated carbocycles. The molecular formula is C12H13FN6O5. The number of hydrogen-bond acceptors (Lipinski definition) is 7. The lowest BCUT2D eigenvalue weighted by atomic mass is 10.5. The number of nitrogens with zero attached hydrogens (tertiary/aromatic N) is 5. The minimum atomic E-state index is -0.977. The maximum Gasteiger partial charge on any atom is 0.382 e. The fraction of sp³-hybridized carbons (Fsp3) is 0.333. The molecule has 0 radical (unpaired) electrons. The molecule has 0 fully saturated rings. The number of nitro groups is 1. The number of ether oxygens (including phenoxy) is 1. The molecule has 0 aromatic carbocycles. The van der Waals surface area contributed by atoms with Crippen molar-refractivity contribution in [2.24, 2.45) is 14.1 Å². The van der Waals surface area contributed by atoms with Crippen LogP contribution in [-0.2, 0) is 18.8 Å². The molecule has 0 aliphatic rings. The van der Waals surface area contributed by atoms with Crippen molar-refractivity contribution >= 4 is 23.5 Å². The molecule has 0 atom stereocenters. The van der Waals surface area contributed by atoms with Gasteiger partial charge in [0.25, 0.3) is 0 Å². The highest BCUT2D eigenvalue weighted by atomic mass is 19.1. The number of carbonyl (C=O) groups is 2. The van der Waals surface area contributed by atoms with E-state index in [0.29, 0.717) is 0 Å². The summed E-state index contributed by atoms with van der Waals surface area (Å²) in [5.41, 5.74) is 0. The van der Waals surface area contributed by atoms with Gasteiger partial charge in [0.05, 0.1) is 6.61 Å². The largest absolute Gasteiger partial charge is 0.460 e. The molecule has 0 saturated heterocycles. The first kappa shape index (κ1) is 17.1. The van der Waals surface area contributed by atoms with Gasteiger partial charge in [0.2, 0.25) is 11.8 Å². The second kappa shape index (κ2) is 6.44. The third kappa shape index (κ3) is 3.06. The summed E-state index contributed by atoms with van der Waals surface area (Å²) >= 11 is 0. The summed E-state index contributed by atoms with van der Waals surface area (Å²) in [7, 11) is 2.60. The molecule has 0 unspecified atom stereocenters. The molecule has 1 N–H and O–H groups in total. The molecule has 0 bridgehead atoms. The smallest absolute Gasteiger partial charge is 0.382 e. The Morgan fingerprint density at radius 3 is 2.58 bits per heavy atom. The number of carbonyl (C=O) groups excluding carboxylic acids is 2. The average molecular weight is 340 g/mol. The molecule has 2 aromatic rings. The normalized spacial score (nSPS) is 10.5. The van der Waals surface area contributed by atoms with Gasteiger partial charge in [-0.25, -0.2) is 9.78 Å². The third-order valence-corrected chi connectivity index (χ3v) is 2.97. The zero-order valence-corrected chi connectivity index (χ0v) is 12.9. The van der Waals surface area contributed by atoms with Crippen LogP contribution in [0.15, 0.2) is 6.20 Å². The van der Waals surface area contributed by atoms with E-state index >= 15 is 0 Å². The molecule has 2 rings (SSSR count). The Morgan fingerprint density at radius 2 is 2.04 bits per heavy atom. The minimum Gasteiger partial charge on any atom is -0.460 e. The van der Waals surface area contributed by atoms with Gasteiger partial charge in [0.15, 0.2) is 5.82 Å². The average Bonchev–Trinajstić information content (AvgIpc) is 3.03. The molecule has 2 aromatic heterocycles. The molecule has 11 nitrogen and oxygen atoms in total. The molecule has 2 heterocycles. The Bertz CT molecular complexity index is 826. The molecule has 0 aliphatic heterocycles. The van der Waals surface area contributed by atoms with Crippen LogP contribution in [0.4, 0.5) is 16.0 Å². The van der Waals surface area contributed by atoms with Crippen LogP contribution < -0.4 is 5.32 Å². The van der Waals surface area contributed by atoms with Crippen LogP contribution in [0.1, 0.15) is 28.2 Å². The van der Waals surface area contributed by atoms with Gasteiger partial charge in [-0.05, 0) is 16.8 Å². The van der Waals surface area contributed by atoms with Crippen LogP contribution >= 0.6 is 0 Å². The lowest BCUT2D eigenvalue weighted by Gasteiger charge is -2.00. The number of aromatic nitrogens is 4. The van der Waals surface area contributed by atoms with Crippen LogP contribution in [0.3, 0.4) is 0 Å². The molecular weight excluding hydrogens is 327 g/mol. The van der Waals surface area contributed by atoms with E-state index in [1.807, 2.05) is 0 Å². The fourth-order valence-corrected chi connectivity index (χ4v) is 1.85. The molecule has 0 aliphatic carbocycles. The second-order valence-corrected chi connectivity index (χ2v) is 4.60. The lowest BCUT2D eigenvalue weighted by molar-refractivity contribution is -0.389. The first-order valence-electron chi connectivity index (χ1n) is 6.64. The second-order valence-electron chi connectivity index (χ2n) is 4.60. The number of hydrogen-bond donors (Lipinski definition) is 1. The van der Waals surface area contributed by atoms with Crippen molar-refractivity contribution < 1.29 is 23.6 Å². The Labute approximate surface area is 134 Å². The van der Waals surface area contributed by atoms with Crippen LogP contribution in [0, 0.1) is 16.1 Å². The topological polar surface area (TPSA) is 134 Å². The van der Waals surface area contributed by atoms with Gasteiger partial charge in [-0.1, -0.05) is 0 Å². The molecule has 12 heteroatoms. The van der Waals surface area contributed by atoms with Crippen molar-refractivity contribution in [2.45, 2.75) is 6.92 Å². The van der Waals surface area contributed by atoms with E-state index in [9.17, 15) is 24.1 Å². The number of anilines is 1. The SMILES string of the molecule is CCOC(=O)c1nc(NC(=O)c2nc([N+](=O)[O-])cn2C)c(F)n1C. The maximum absolute atomic E-state index is 14.1. The number of halogens is 1. The molecule has 24 heavy (non-hydrogen) atoms. The van der Waals surface area contributed by atoms with E-state index in [2.05, 4.69) is 15.3 Å². The predicted molar refractivity (Wildman–Crippen MR) is 76.9 cm³/mol. The molecule has 128 valence electrons. The van der Waals surface area contributed by atoms with Crippen LogP contribution in [0.2, 0.25) is 0 Å². The standard InChI is InChI=1S/C12H13FN6O5/c1-4-24-12(21)10-15-8(7(13)18(10)3)16-11(20)9-14-6(19(22)23)5-17(9)2/h5H,4H2,1-3H3,(H,16,20). The van der Waals surface area contributed by atoms with Crippen LogP contribution in [-0.4, -0.2) is 42.5 Å². The summed E-state index contributed by atoms with van der Waals surface area (Å²) in [4.78, 5) is 40.8. The quantitative estimate of drug-likeness (QED) is 0.479. The van der Waals surface area contributed by atoms with Gasteiger partial charge in [-0.3, -0.25) is 14.7 Å². The highest BCUT2D eigenvalue weighted by Crippen LogP contribution is 2.17. The number of rotatable bonds is 5. The summed E-state index contributed by atoms with van der Waals surface area (Å²) in [6, 6.07) is 0. The monoisotopic (exact) mass is 340 g/mol. The zero-order chi connectivity index (χ0) is 18.0. The minimum absolute atomic E-state index is 0.0753. The molecule has 1 amide bonds. The van der Waals surface area contributed by atoms with Gasteiger partial charge in [-0.2, -0.15) is 4.39 Å². The Kier molecular flexibility index (Phi) is 4.57. The number of esters is 1. The zero-order valence-electron chi connectivity index (χ0n) is 12.9. The van der Waals surface area contributed by atoms with E-state index in [1.165, 1.54) is 14.1 Å². The van der Waals surface area contributed by atoms with Crippen molar-refractivity contribution in [1.82, 2.24) is 19.1 Å². The summed E-state index contributed by atoms with van der Waals surface area (Å²) < 4.78 is 20.7. The Balaban J connectivity index is 2.28. The van der Waals surface area contributed by atoms with E-state index in [0.717, 1.165) is 15.3 Å². The summed E-state index contributed by atoms with van der Waals surface area (Å²) in [6.07, 6.45) is 1.04. The summed E-state index contributed by atoms with van der Waals surface area (Å²) in [6.45, 7) is 1.65. The highest BCUT2D eigenvalue weighted by molar-refractivity contribution is 6.01. The van der Waals surface area contributed by atoms with Crippen molar-refractivity contribution in [3.8, 4) is 0 Å². The lowest BCUT2D eigenvalue weighted by Crippen LogP contribution is -2.18. The predicted octanol–water partition coefficient (Wildman–Crippen LogP) is 0.630. The van der Waals surface area contributed by atoms with Crippen molar-refractivity contribution in [3.63, 3.8) is 0 Å². The first-order valence-corrected chi connectivity index (χ1v) is 6.64. The number of imidazole rings is 2. The highest BCUT2D eigenvalue weighted by Gasteiger charge is 2.27. The third-order valence-electron chi connectivity index (χ3n) is 2.97. The number of nitrogens with one attached hydrogen (secondary N) is 1. The van der Waals surface area contributed by atoms with E-state index in [4.69, 9.17) is 4.74 Å². The van der Waals surface area contributed by atoms with E-state index < -0.39 is 34.4 Å². The fourth-order valence-electron chi connectivity index (χ4n) is 1.85. The van der Waals surface area contributed by atoms with Crippen LogP contribution in [0.5, 0.6) is 0 Å². The van der Waals surface area contributed by atoms with Crippen molar-refractivity contribution in [2.75, 3.05) is 11.9 Å². The number of amides is 1. The van der Waals surface area contributed by atoms with E-state index in [-0.39, 0.29) is 18.3 Å². The van der Waals surface area contributed by atoms with Gasteiger partial charge in [0, 0.05) is 14.1 Å². The van der Waals surface area contributed by atoms with Crippen molar-refractivity contribution in [3.05, 3.63) is 33.9 Å². The Morgan fingerprint density at radius 1 is 1.38 bits per heavy atom. The van der Waals surface area contributed by atoms with Gasteiger partial charge in [-0.15, -0.1) is 0 Å². The van der Waals surface area contributed by atoms with Gasteiger partial charge >= 0.3 is 23.5 Å². The van der Waals surface area contributed by atoms with Crippen molar-refractivity contribution in [1.29, 1.82) is 0 Å². The summed E-state index contributed by atoms with van der Waals surface area (Å²) in [5.74, 6) is -4.45. The van der Waals surface area contributed by atoms with Crippen LogP contribution in [0.25, 0.3) is 0 Å². The van der Waals surface area contributed by atoms with Gasteiger partial charge in [0.1, 0.15) is 6.20 Å². The summed E-state index contributed by atoms with van der Waals surface area (Å²) in [5, 5.41) is 12.8. The Hall–Kier alpha value is -3.31. The first-order chi connectivity index (χ1) is 11.3.